The van der Waals surface area contributed by atoms with Crippen molar-refractivity contribution in [2.24, 2.45) is 0 Å². The van der Waals surface area contributed by atoms with Gasteiger partial charge in [0.05, 0.1) is 13.7 Å². The fourth-order valence-corrected chi connectivity index (χ4v) is 2.10. The molecule has 110 valence electrons. The topological polar surface area (TPSA) is 61.3 Å². The molecule has 0 aliphatic rings. The van der Waals surface area contributed by atoms with Crippen LogP contribution in [0.5, 0.6) is 5.75 Å². The first-order valence-electron chi connectivity index (χ1n) is 6.47. The zero-order valence-corrected chi connectivity index (χ0v) is 13.2. The molecule has 0 N–H and O–H groups in total. The first-order chi connectivity index (χ1) is 10.2. The van der Waals surface area contributed by atoms with E-state index in [4.69, 9.17) is 9.47 Å². The molecule has 0 radical (unpaired) electrons. The van der Waals surface area contributed by atoms with E-state index in [0.29, 0.717) is 17.0 Å². The van der Waals surface area contributed by atoms with Crippen molar-refractivity contribution in [3.8, 4) is 5.75 Å². The monoisotopic (exact) mass is 350 g/mol. The van der Waals surface area contributed by atoms with Gasteiger partial charge in [-0.2, -0.15) is 0 Å². The summed E-state index contributed by atoms with van der Waals surface area (Å²) < 4.78 is 10.9. The lowest BCUT2D eigenvalue weighted by molar-refractivity contribution is 0.0588. The number of rotatable bonds is 6. The van der Waals surface area contributed by atoms with Gasteiger partial charge in [-0.1, -0.05) is 0 Å². The zero-order valence-electron chi connectivity index (χ0n) is 11.6. The molecule has 0 aliphatic heterocycles. The van der Waals surface area contributed by atoms with Gasteiger partial charge in [-0.25, -0.2) is 9.78 Å². The second-order valence-electron chi connectivity index (χ2n) is 4.28. The van der Waals surface area contributed by atoms with E-state index in [1.54, 1.807) is 24.5 Å². The third-order valence-electron chi connectivity index (χ3n) is 2.82. The molecule has 0 aromatic carbocycles. The lowest BCUT2D eigenvalue weighted by Crippen LogP contribution is -2.09. The summed E-state index contributed by atoms with van der Waals surface area (Å²) in [6.07, 6.45) is 5.26. The molecule has 0 fully saturated rings. The molecule has 0 atom stereocenters. The molecule has 0 saturated heterocycles. The second-order valence-corrected chi connectivity index (χ2v) is 5.09. The summed E-state index contributed by atoms with van der Waals surface area (Å²) in [6.45, 7) is 0.496. The van der Waals surface area contributed by atoms with E-state index in [1.165, 1.54) is 12.7 Å². The van der Waals surface area contributed by atoms with Gasteiger partial charge >= 0.3 is 5.97 Å². The highest BCUT2D eigenvalue weighted by molar-refractivity contribution is 9.10. The van der Waals surface area contributed by atoms with Crippen molar-refractivity contribution in [1.82, 2.24) is 9.97 Å². The number of methoxy groups -OCH3 is 1. The van der Waals surface area contributed by atoms with Gasteiger partial charge in [0, 0.05) is 12.4 Å². The Hall–Kier alpha value is -1.95. The Kier molecular flexibility index (Phi) is 5.68. The summed E-state index contributed by atoms with van der Waals surface area (Å²) in [5.41, 5.74) is 1.38. The Morgan fingerprint density at radius 2 is 2.00 bits per heavy atom. The molecule has 0 unspecified atom stereocenters. The molecule has 0 saturated carbocycles. The number of hydrogen-bond acceptors (Lipinski definition) is 5. The van der Waals surface area contributed by atoms with Crippen molar-refractivity contribution >= 4 is 21.9 Å². The third-order valence-corrected chi connectivity index (χ3v) is 3.26. The predicted octanol–water partition coefficient (Wildman–Crippen LogP) is 3.04. The van der Waals surface area contributed by atoms with Gasteiger partial charge in [0.2, 0.25) is 0 Å². The molecule has 0 aliphatic carbocycles. The van der Waals surface area contributed by atoms with Crippen molar-refractivity contribution in [3.63, 3.8) is 0 Å². The molecule has 2 aromatic rings. The van der Waals surface area contributed by atoms with Gasteiger partial charge in [-0.15, -0.1) is 0 Å². The average molecular weight is 351 g/mol. The number of carbonyl (C=O) groups is 1. The van der Waals surface area contributed by atoms with E-state index >= 15 is 0 Å². The van der Waals surface area contributed by atoms with Crippen molar-refractivity contribution in [2.75, 3.05) is 13.7 Å². The second kappa shape index (κ2) is 7.73. The number of esters is 1. The molecule has 2 heterocycles. The average Bonchev–Trinajstić information content (AvgIpc) is 2.53. The summed E-state index contributed by atoms with van der Waals surface area (Å²) in [4.78, 5) is 19.7. The summed E-state index contributed by atoms with van der Waals surface area (Å²) in [5, 5.41) is 0. The Morgan fingerprint density at radius 3 is 2.71 bits per heavy atom. The summed E-state index contributed by atoms with van der Waals surface area (Å²) in [7, 11) is 1.32. The van der Waals surface area contributed by atoms with Crippen LogP contribution < -0.4 is 4.74 Å². The van der Waals surface area contributed by atoms with Crippen LogP contribution in [0.4, 0.5) is 0 Å². The van der Waals surface area contributed by atoms with Gasteiger partial charge in [0.1, 0.15) is 4.60 Å². The van der Waals surface area contributed by atoms with Crippen LogP contribution in [0.1, 0.15) is 22.5 Å². The van der Waals surface area contributed by atoms with Crippen LogP contribution in [-0.2, 0) is 11.2 Å². The molecular formula is C15H15BrN2O3. The Bertz CT molecular complexity index is 605. The molecule has 5 nitrogen and oxygen atoms in total. The molecule has 2 rings (SSSR count). The van der Waals surface area contributed by atoms with Crippen molar-refractivity contribution < 1.29 is 14.3 Å². The minimum Gasteiger partial charge on any atom is -0.491 e. The highest BCUT2D eigenvalue weighted by Gasteiger charge is 2.15. The van der Waals surface area contributed by atoms with Crippen molar-refractivity contribution in [1.29, 1.82) is 0 Å². The van der Waals surface area contributed by atoms with Crippen molar-refractivity contribution in [2.45, 2.75) is 12.8 Å². The maximum atomic E-state index is 11.6. The highest BCUT2D eigenvalue weighted by Crippen LogP contribution is 2.20. The Labute approximate surface area is 131 Å². The summed E-state index contributed by atoms with van der Waals surface area (Å²) in [5.74, 6) is -0.0831. The molecule has 0 spiro atoms. The van der Waals surface area contributed by atoms with Gasteiger partial charge in [0.25, 0.3) is 0 Å². The molecule has 0 amide bonds. The van der Waals surface area contributed by atoms with Crippen LogP contribution in [-0.4, -0.2) is 29.7 Å². The van der Waals surface area contributed by atoms with Gasteiger partial charge in [-0.3, -0.25) is 4.98 Å². The number of pyridine rings is 2. The highest BCUT2D eigenvalue weighted by atomic mass is 79.9. The number of carbonyl (C=O) groups excluding carboxylic acids is 1. The van der Waals surface area contributed by atoms with Crippen LogP contribution in [0.15, 0.2) is 41.3 Å². The summed E-state index contributed by atoms with van der Waals surface area (Å²) in [6, 6.07) is 7.38. The van der Waals surface area contributed by atoms with Crippen LogP contribution in [0.3, 0.4) is 0 Å². The van der Waals surface area contributed by atoms with Gasteiger partial charge in [0.15, 0.2) is 11.4 Å². The van der Waals surface area contributed by atoms with Gasteiger partial charge < -0.3 is 9.47 Å². The first-order valence-corrected chi connectivity index (χ1v) is 7.26. The SMILES string of the molecule is COC(=O)c1nc(Br)ccc1OCCCc1ccncc1. The zero-order chi connectivity index (χ0) is 15.1. The third kappa shape index (κ3) is 4.53. The minimum atomic E-state index is -0.513. The molecule has 6 heteroatoms. The number of nitrogens with zero attached hydrogens (tertiary/aromatic N) is 2. The lowest BCUT2D eigenvalue weighted by atomic mass is 10.1. The fourth-order valence-electron chi connectivity index (χ4n) is 1.79. The Morgan fingerprint density at radius 1 is 1.24 bits per heavy atom. The van der Waals surface area contributed by atoms with E-state index in [0.717, 1.165) is 12.8 Å². The van der Waals surface area contributed by atoms with Crippen molar-refractivity contribution in [3.05, 3.63) is 52.5 Å². The number of hydrogen-bond donors (Lipinski definition) is 0. The molecule has 2 aromatic heterocycles. The standard InChI is InChI=1S/C15H15BrN2O3/c1-20-15(19)14-12(4-5-13(16)18-14)21-10-2-3-11-6-8-17-9-7-11/h4-9H,2-3,10H2,1H3. The smallest absolute Gasteiger partial charge is 0.360 e. The van der Waals surface area contributed by atoms with E-state index in [2.05, 4.69) is 25.9 Å². The molecular weight excluding hydrogens is 336 g/mol. The summed E-state index contributed by atoms with van der Waals surface area (Å²) >= 11 is 3.23. The molecule has 0 bridgehead atoms. The normalized spacial score (nSPS) is 10.2. The maximum absolute atomic E-state index is 11.6. The van der Waals surface area contributed by atoms with Crippen LogP contribution in [0.2, 0.25) is 0 Å². The number of ether oxygens (including phenoxy) is 2. The van der Waals surface area contributed by atoms with Crippen LogP contribution in [0.25, 0.3) is 0 Å². The number of aryl methyl sites for hydroxylation is 1. The van der Waals surface area contributed by atoms with E-state index in [9.17, 15) is 4.79 Å². The lowest BCUT2D eigenvalue weighted by Gasteiger charge is -2.09. The number of halogens is 1. The largest absolute Gasteiger partial charge is 0.491 e. The van der Waals surface area contributed by atoms with E-state index in [1.807, 2.05) is 12.1 Å². The number of aromatic nitrogens is 2. The van der Waals surface area contributed by atoms with Gasteiger partial charge in [-0.05, 0) is 58.6 Å². The maximum Gasteiger partial charge on any atom is 0.360 e. The van der Waals surface area contributed by atoms with Crippen LogP contribution >= 0.6 is 15.9 Å². The first kappa shape index (κ1) is 15.4. The van der Waals surface area contributed by atoms with E-state index < -0.39 is 5.97 Å². The Balaban J connectivity index is 1.92. The predicted molar refractivity (Wildman–Crippen MR) is 81.3 cm³/mol. The molecule has 21 heavy (non-hydrogen) atoms. The van der Waals surface area contributed by atoms with E-state index in [-0.39, 0.29) is 5.69 Å². The minimum absolute atomic E-state index is 0.177. The quantitative estimate of drug-likeness (QED) is 0.455. The fraction of sp³-hybridized carbons (Fsp3) is 0.267. The van der Waals surface area contributed by atoms with Crippen LogP contribution in [0, 0.1) is 0 Å².